The van der Waals surface area contributed by atoms with Crippen molar-refractivity contribution in [2.45, 2.75) is 11.1 Å². The molecule has 0 atom stereocenters. The number of anilines is 1. The second-order valence-corrected chi connectivity index (χ2v) is 7.65. The van der Waals surface area contributed by atoms with Crippen LogP contribution in [0.3, 0.4) is 0 Å². The SMILES string of the molecule is Cc1ccc(S(=O)(=O)Nc2ccc(F)cc2Br)s1. The van der Waals surface area contributed by atoms with E-state index in [1.54, 1.807) is 12.1 Å². The van der Waals surface area contributed by atoms with Gasteiger partial charge in [0.25, 0.3) is 10.0 Å². The Morgan fingerprint density at radius 1 is 1.28 bits per heavy atom. The van der Waals surface area contributed by atoms with E-state index in [-0.39, 0.29) is 4.21 Å². The zero-order valence-corrected chi connectivity index (χ0v) is 12.5. The normalized spacial score (nSPS) is 11.5. The van der Waals surface area contributed by atoms with E-state index in [1.165, 1.54) is 29.5 Å². The van der Waals surface area contributed by atoms with Crippen LogP contribution in [0.5, 0.6) is 0 Å². The zero-order valence-electron chi connectivity index (χ0n) is 9.28. The van der Waals surface area contributed by atoms with Gasteiger partial charge in [-0.15, -0.1) is 11.3 Å². The van der Waals surface area contributed by atoms with Crippen LogP contribution in [0.1, 0.15) is 4.88 Å². The molecule has 0 aliphatic rings. The molecule has 7 heteroatoms. The topological polar surface area (TPSA) is 46.2 Å². The first-order valence-corrected chi connectivity index (χ1v) is 8.02. The van der Waals surface area contributed by atoms with Crippen LogP contribution in [0.15, 0.2) is 39.0 Å². The molecule has 0 saturated heterocycles. The lowest BCUT2D eigenvalue weighted by Gasteiger charge is -2.08. The van der Waals surface area contributed by atoms with Gasteiger partial charge in [-0.3, -0.25) is 4.72 Å². The molecule has 0 fully saturated rings. The minimum atomic E-state index is -3.61. The quantitative estimate of drug-likeness (QED) is 0.916. The van der Waals surface area contributed by atoms with E-state index in [9.17, 15) is 12.8 Å². The molecule has 0 aliphatic heterocycles. The number of hydrogen-bond acceptors (Lipinski definition) is 3. The molecule has 3 nitrogen and oxygen atoms in total. The number of benzene rings is 1. The fourth-order valence-electron chi connectivity index (χ4n) is 1.32. The molecule has 1 aromatic carbocycles. The van der Waals surface area contributed by atoms with Crippen LogP contribution in [-0.4, -0.2) is 8.42 Å². The molecular formula is C11H9BrFNO2S2. The number of halogens is 2. The van der Waals surface area contributed by atoms with Gasteiger partial charge in [-0.25, -0.2) is 12.8 Å². The molecule has 96 valence electrons. The summed E-state index contributed by atoms with van der Waals surface area (Å²) in [5.74, 6) is -0.434. The van der Waals surface area contributed by atoms with Gasteiger partial charge in [0.05, 0.1) is 5.69 Å². The fourth-order valence-corrected chi connectivity index (χ4v) is 4.27. The Bertz CT molecular complexity index is 682. The molecule has 2 rings (SSSR count). The highest BCUT2D eigenvalue weighted by Gasteiger charge is 2.17. The number of aryl methyl sites for hydroxylation is 1. The lowest BCUT2D eigenvalue weighted by molar-refractivity contribution is 0.603. The first kappa shape index (κ1) is 13.5. The van der Waals surface area contributed by atoms with Crippen molar-refractivity contribution in [1.29, 1.82) is 0 Å². The number of sulfonamides is 1. The Labute approximate surface area is 117 Å². The summed E-state index contributed by atoms with van der Waals surface area (Å²) < 4.78 is 40.0. The Hall–Kier alpha value is -0.920. The van der Waals surface area contributed by atoms with Gasteiger partial charge in [0.1, 0.15) is 10.0 Å². The molecule has 0 unspecified atom stereocenters. The average molecular weight is 350 g/mol. The van der Waals surface area contributed by atoms with Gasteiger partial charge in [0.15, 0.2) is 0 Å². The van der Waals surface area contributed by atoms with E-state index in [2.05, 4.69) is 20.7 Å². The van der Waals surface area contributed by atoms with Gasteiger partial charge in [-0.1, -0.05) is 0 Å². The van der Waals surface area contributed by atoms with Crippen molar-refractivity contribution in [3.63, 3.8) is 0 Å². The third kappa shape index (κ3) is 2.90. The maximum atomic E-state index is 12.9. The third-order valence-electron chi connectivity index (χ3n) is 2.16. The predicted molar refractivity (Wildman–Crippen MR) is 74.0 cm³/mol. The minimum Gasteiger partial charge on any atom is -0.278 e. The van der Waals surface area contributed by atoms with E-state index in [0.29, 0.717) is 10.2 Å². The van der Waals surface area contributed by atoms with E-state index in [4.69, 9.17) is 0 Å². The summed E-state index contributed by atoms with van der Waals surface area (Å²) in [5.41, 5.74) is 0.308. The van der Waals surface area contributed by atoms with Crippen LogP contribution in [-0.2, 0) is 10.0 Å². The van der Waals surface area contributed by atoms with Crippen LogP contribution in [0.4, 0.5) is 10.1 Å². The first-order valence-electron chi connectivity index (χ1n) is 4.93. The monoisotopic (exact) mass is 349 g/mol. The van der Waals surface area contributed by atoms with Crippen molar-refractivity contribution < 1.29 is 12.8 Å². The first-order chi connectivity index (χ1) is 8.38. The molecule has 0 spiro atoms. The van der Waals surface area contributed by atoms with Crippen molar-refractivity contribution in [2.24, 2.45) is 0 Å². The largest absolute Gasteiger partial charge is 0.278 e. The highest BCUT2D eigenvalue weighted by molar-refractivity contribution is 9.10. The lowest BCUT2D eigenvalue weighted by atomic mass is 10.3. The van der Waals surface area contributed by atoms with Gasteiger partial charge in [0, 0.05) is 9.35 Å². The maximum absolute atomic E-state index is 12.9. The number of thiophene rings is 1. The average Bonchev–Trinajstić information content (AvgIpc) is 2.70. The van der Waals surface area contributed by atoms with Crippen molar-refractivity contribution in [1.82, 2.24) is 0 Å². The summed E-state index contributed by atoms with van der Waals surface area (Å²) in [6, 6.07) is 7.05. The highest BCUT2D eigenvalue weighted by Crippen LogP contribution is 2.28. The predicted octanol–water partition coefficient (Wildman–Crippen LogP) is 3.76. The van der Waals surface area contributed by atoms with Crippen molar-refractivity contribution >= 4 is 43.0 Å². The Kier molecular flexibility index (Phi) is 3.74. The minimum absolute atomic E-state index is 0.233. The zero-order chi connectivity index (χ0) is 13.3. The molecule has 18 heavy (non-hydrogen) atoms. The molecule has 0 saturated carbocycles. The van der Waals surface area contributed by atoms with Gasteiger partial charge >= 0.3 is 0 Å². The van der Waals surface area contributed by atoms with Gasteiger partial charge < -0.3 is 0 Å². The molecule has 0 aliphatic carbocycles. The van der Waals surface area contributed by atoms with Gasteiger partial charge in [0.2, 0.25) is 0 Å². The van der Waals surface area contributed by atoms with Crippen LogP contribution < -0.4 is 4.72 Å². The second kappa shape index (κ2) is 4.99. The number of nitrogens with one attached hydrogen (secondary N) is 1. The van der Waals surface area contributed by atoms with E-state index >= 15 is 0 Å². The molecule has 2 aromatic rings. The fraction of sp³-hybridized carbons (Fsp3) is 0.0909. The standard InChI is InChI=1S/C11H9BrFNO2S2/c1-7-2-5-11(17-7)18(15,16)14-10-4-3-8(13)6-9(10)12/h2-6,14H,1H3. The molecule has 1 aromatic heterocycles. The highest BCUT2D eigenvalue weighted by atomic mass is 79.9. The molecule has 0 radical (unpaired) electrons. The van der Waals surface area contributed by atoms with Crippen molar-refractivity contribution in [2.75, 3.05) is 4.72 Å². The summed E-state index contributed by atoms with van der Waals surface area (Å²) in [5, 5.41) is 0. The maximum Gasteiger partial charge on any atom is 0.271 e. The Morgan fingerprint density at radius 2 is 2.00 bits per heavy atom. The lowest BCUT2D eigenvalue weighted by Crippen LogP contribution is -2.11. The molecule has 1 N–H and O–H groups in total. The van der Waals surface area contributed by atoms with Crippen LogP contribution in [0.25, 0.3) is 0 Å². The Morgan fingerprint density at radius 3 is 2.56 bits per heavy atom. The molecule has 1 heterocycles. The molecule has 0 bridgehead atoms. The van der Waals surface area contributed by atoms with E-state index < -0.39 is 15.8 Å². The number of rotatable bonds is 3. The van der Waals surface area contributed by atoms with E-state index in [0.717, 1.165) is 4.88 Å². The van der Waals surface area contributed by atoms with Crippen LogP contribution in [0.2, 0.25) is 0 Å². The Balaban J connectivity index is 2.33. The third-order valence-corrected chi connectivity index (χ3v) is 5.67. The summed E-state index contributed by atoms with van der Waals surface area (Å²) in [6.45, 7) is 1.83. The van der Waals surface area contributed by atoms with Crippen molar-refractivity contribution in [3.8, 4) is 0 Å². The van der Waals surface area contributed by atoms with Gasteiger partial charge in [-0.2, -0.15) is 0 Å². The number of hydrogen-bond donors (Lipinski definition) is 1. The molecular weight excluding hydrogens is 341 g/mol. The smallest absolute Gasteiger partial charge is 0.271 e. The molecule has 0 amide bonds. The van der Waals surface area contributed by atoms with Gasteiger partial charge in [-0.05, 0) is 53.2 Å². The summed E-state index contributed by atoms with van der Waals surface area (Å²) >= 11 is 4.30. The summed E-state index contributed by atoms with van der Waals surface area (Å²) in [4.78, 5) is 0.911. The summed E-state index contributed by atoms with van der Waals surface area (Å²) in [6.07, 6.45) is 0. The second-order valence-electron chi connectivity index (χ2n) is 3.59. The van der Waals surface area contributed by atoms with Crippen molar-refractivity contribution in [3.05, 3.63) is 45.5 Å². The van der Waals surface area contributed by atoms with E-state index in [1.807, 2.05) is 6.92 Å². The summed E-state index contributed by atoms with van der Waals surface area (Å²) in [7, 11) is -3.61. The van der Waals surface area contributed by atoms with Crippen LogP contribution >= 0.6 is 27.3 Å². The van der Waals surface area contributed by atoms with Crippen LogP contribution in [0, 0.1) is 12.7 Å².